The van der Waals surface area contributed by atoms with Crippen LogP contribution in [0.25, 0.3) is 0 Å². The standard InChI is InChI=1S/C20H32N2O2/c1-20(2,3)18-8-5-17(6-9-18)7-10-19(23)21(4)11-12-22-13-15-24-16-14-22/h5-6,8-9H,7,10-16H2,1-4H3. The molecule has 0 aliphatic carbocycles. The van der Waals surface area contributed by atoms with Crippen molar-refractivity contribution in [2.75, 3.05) is 46.4 Å². The first-order chi connectivity index (χ1) is 11.4. The summed E-state index contributed by atoms with van der Waals surface area (Å²) in [6.45, 7) is 11.9. The van der Waals surface area contributed by atoms with E-state index in [4.69, 9.17) is 4.74 Å². The lowest BCUT2D eigenvalue weighted by Crippen LogP contribution is -2.41. The van der Waals surface area contributed by atoms with Crippen LogP contribution in [0.5, 0.6) is 0 Å². The van der Waals surface area contributed by atoms with Crippen molar-refractivity contribution in [3.8, 4) is 0 Å². The second-order valence-electron chi connectivity index (χ2n) is 7.72. The molecule has 0 atom stereocenters. The molecule has 2 rings (SSSR count). The molecular weight excluding hydrogens is 300 g/mol. The van der Waals surface area contributed by atoms with Crippen molar-refractivity contribution in [3.63, 3.8) is 0 Å². The molecule has 1 fully saturated rings. The molecule has 0 radical (unpaired) electrons. The van der Waals surface area contributed by atoms with Crippen molar-refractivity contribution in [1.82, 2.24) is 9.80 Å². The summed E-state index contributed by atoms with van der Waals surface area (Å²) >= 11 is 0. The van der Waals surface area contributed by atoms with E-state index in [2.05, 4.69) is 49.9 Å². The highest BCUT2D eigenvalue weighted by Gasteiger charge is 2.15. The van der Waals surface area contributed by atoms with Crippen molar-refractivity contribution in [3.05, 3.63) is 35.4 Å². The Morgan fingerprint density at radius 1 is 1.17 bits per heavy atom. The molecule has 0 aromatic heterocycles. The zero-order valence-corrected chi connectivity index (χ0v) is 15.7. The molecule has 24 heavy (non-hydrogen) atoms. The Bertz CT molecular complexity index is 513. The summed E-state index contributed by atoms with van der Waals surface area (Å²) in [5.41, 5.74) is 2.74. The second kappa shape index (κ2) is 8.63. The highest BCUT2D eigenvalue weighted by Crippen LogP contribution is 2.22. The highest BCUT2D eigenvalue weighted by atomic mass is 16.5. The summed E-state index contributed by atoms with van der Waals surface area (Å²) in [6.07, 6.45) is 1.39. The van der Waals surface area contributed by atoms with Gasteiger partial charge in [0, 0.05) is 39.6 Å². The first-order valence-electron chi connectivity index (χ1n) is 9.00. The minimum absolute atomic E-state index is 0.175. The number of amides is 1. The molecule has 1 heterocycles. The van der Waals surface area contributed by atoms with Gasteiger partial charge in [-0.1, -0.05) is 45.0 Å². The maximum atomic E-state index is 12.3. The van der Waals surface area contributed by atoms with E-state index in [0.29, 0.717) is 6.42 Å². The molecule has 1 saturated heterocycles. The minimum atomic E-state index is 0.175. The summed E-state index contributed by atoms with van der Waals surface area (Å²) in [4.78, 5) is 16.5. The molecule has 1 amide bonds. The topological polar surface area (TPSA) is 32.8 Å². The van der Waals surface area contributed by atoms with Crippen molar-refractivity contribution in [2.45, 2.75) is 39.0 Å². The van der Waals surface area contributed by atoms with E-state index >= 15 is 0 Å². The fourth-order valence-corrected chi connectivity index (χ4v) is 2.85. The molecule has 0 N–H and O–H groups in total. The Labute approximate surface area is 146 Å². The lowest BCUT2D eigenvalue weighted by Gasteiger charge is -2.28. The van der Waals surface area contributed by atoms with Crippen LogP contribution in [-0.4, -0.2) is 62.1 Å². The number of morpholine rings is 1. The third kappa shape index (κ3) is 5.91. The van der Waals surface area contributed by atoms with Crippen LogP contribution in [-0.2, 0) is 21.4 Å². The Balaban J connectivity index is 1.73. The molecule has 1 aliphatic rings. The molecule has 0 spiro atoms. The van der Waals surface area contributed by atoms with Crippen LogP contribution < -0.4 is 0 Å². The molecule has 1 aromatic carbocycles. The van der Waals surface area contributed by atoms with Crippen molar-refractivity contribution in [2.24, 2.45) is 0 Å². The maximum Gasteiger partial charge on any atom is 0.222 e. The highest BCUT2D eigenvalue weighted by molar-refractivity contribution is 5.76. The smallest absolute Gasteiger partial charge is 0.222 e. The number of ether oxygens (including phenoxy) is 1. The third-order valence-electron chi connectivity index (χ3n) is 4.73. The number of rotatable bonds is 6. The number of carbonyl (C=O) groups excluding carboxylic acids is 1. The van der Waals surface area contributed by atoms with Crippen LogP contribution >= 0.6 is 0 Å². The van der Waals surface area contributed by atoms with Gasteiger partial charge in [0.1, 0.15) is 0 Å². The van der Waals surface area contributed by atoms with Gasteiger partial charge in [-0.25, -0.2) is 0 Å². The van der Waals surface area contributed by atoms with Gasteiger partial charge in [0.05, 0.1) is 13.2 Å². The van der Waals surface area contributed by atoms with E-state index in [1.807, 2.05) is 11.9 Å². The van der Waals surface area contributed by atoms with Crippen LogP contribution in [0.4, 0.5) is 0 Å². The fraction of sp³-hybridized carbons (Fsp3) is 0.650. The van der Waals surface area contributed by atoms with E-state index < -0.39 is 0 Å². The predicted octanol–water partition coefficient (Wildman–Crippen LogP) is 2.71. The molecule has 0 unspecified atom stereocenters. The number of likely N-dealkylation sites (N-methyl/N-ethyl adjacent to an activating group) is 1. The van der Waals surface area contributed by atoms with Gasteiger partial charge < -0.3 is 9.64 Å². The number of nitrogens with zero attached hydrogens (tertiary/aromatic N) is 2. The number of aryl methyl sites for hydroxylation is 1. The monoisotopic (exact) mass is 332 g/mol. The Hall–Kier alpha value is -1.39. The summed E-state index contributed by atoms with van der Waals surface area (Å²) < 4.78 is 5.35. The lowest BCUT2D eigenvalue weighted by molar-refractivity contribution is -0.130. The number of carbonyl (C=O) groups is 1. The van der Waals surface area contributed by atoms with Crippen LogP contribution in [0.1, 0.15) is 38.3 Å². The number of benzene rings is 1. The van der Waals surface area contributed by atoms with Crippen LogP contribution in [0.15, 0.2) is 24.3 Å². The average Bonchev–Trinajstić information content (AvgIpc) is 2.58. The Morgan fingerprint density at radius 2 is 1.79 bits per heavy atom. The van der Waals surface area contributed by atoms with Gasteiger partial charge in [0.25, 0.3) is 0 Å². The number of hydrogen-bond donors (Lipinski definition) is 0. The van der Waals surface area contributed by atoms with E-state index in [9.17, 15) is 4.79 Å². The largest absolute Gasteiger partial charge is 0.379 e. The predicted molar refractivity (Wildman–Crippen MR) is 98.4 cm³/mol. The lowest BCUT2D eigenvalue weighted by atomic mass is 9.86. The summed E-state index contributed by atoms with van der Waals surface area (Å²) in [5.74, 6) is 0.225. The molecular formula is C20H32N2O2. The molecule has 0 saturated carbocycles. The normalized spacial score (nSPS) is 16.2. The fourth-order valence-electron chi connectivity index (χ4n) is 2.85. The summed E-state index contributed by atoms with van der Waals surface area (Å²) in [7, 11) is 1.91. The Kier molecular flexibility index (Phi) is 6.81. The zero-order chi connectivity index (χ0) is 17.6. The molecule has 1 aliphatic heterocycles. The van der Waals surface area contributed by atoms with Crippen molar-refractivity contribution >= 4 is 5.91 Å². The maximum absolute atomic E-state index is 12.3. The zero-order valence-electron chi connectivity index (χ0n) is 15.7. The molecule has 1 aromatic rings. The van der Waals surface area contributed by atoms with E-state index in [1.54, 1.807) is 0 Å². The van der Waals surface area contributed by atoms with Gasteiger partial charge in [0.2, 0.25) is 5.91 Å². The summed E-state index contributed by atoms with van der Waals surface area (Å²) in [6, 6.07) is 8.67. The van der Waals surface area contributed by atoms with Crippen LogP contribution in [0, 0.1) is 0 Å². The van der Waals surface area contributed by atoms with Crippen molar-refractivity contribution < 1.29 is 9.53 Å². The molecule has 134 valence electrons. The van der Waals surface area contributed by atoms with Gasteiger partial charge in [-0.3, -0.25) is 9.69 Å². The van der Waals surface area contributed by atoms with Gasteiger partial charge >= 0.3 is 0 Å². The quantitative estimate of drug-likeness (QED) is 0.803. The first-order valence-corrected chi connectivity index (χ1v) is 9.00. The van der Waals surface area contributed by atoms with Gasteiger partial charge in [-0.15, -0.1) is 0 Å². The molecule has 4 nitrogen and oxygen atoms in total. The minimum Gasteiger partial charge on any atom is -0.379 e. The van der Waals surface area contributed by atoms with E-state index in [1.165, 1.54) is 11.1 Å². The van der Waals surface area contributed by atoms with E-state index in [-0.39, 0.29) is 11.3 Å². The second-order valence-corrected chi connectivity index (χ2v) is 7.72. The summed E-state index contributed by atoms with van der Waals surface area (Å²) in [5, 5.41) is 0. The van der Waals surface area contributed by atoms with Gasteiger partial charge in [0.15, 0.2) is 0 Å². The number of hydrogen-bond acceptors (Lipinski definition) is 3. The molecule has 4 heteroatoms. The van der Waals surface area contributed by atoms with Crippen molar-refractivity contribution in [1.29, 1.82) is 0 Å². The third-order valence-corrected chi connectivity index (χ3v) is 4.73. The van der Waals surface area contributed by atoms with Gasteiger partial charge in [-0.2, -0.15) is 0 Å². The van der Waals surface area contributed by atoms with Crippen LogP contribution in [0.3, 0.4) is 0 Å². The molecule has 0 bridgehead atoms. The first kappa shape index (κ1) is 18.9. The van der Waals surface area contributed by atoms with Crippen LogP contribution in [0.2, 0.25) is 0 Å². The Morgan fingerprint density at radius 3 is 2.38 bits per heavy atom. The van der Waals surface area contributed by atoms with E-state index in [0.717, 1.165) is 45.8 Å². The SMILES string of the molecule is CN(CCN1CCOCC1)C(=O)CCc1ccc(C(C)(C)C)cc1. The van der Waals surface area contributed by atoms with Gasteiger partial charge in [-0.05, 0) is 23.0 Å². The average molecular weight is 332 g/mol.